The minimum atomic E-state index is -3.95. The number of hydrogen-bond acceptors (Lipinski definition) is 5. The zero-order valence-electron chi connectivity index (χ0n) is 16.0. The van der Waals surface area contributed by atoms with E-state index in [-0.39, 0.29) is 17.2 Å². The minimum absolute atomic E-state index is 0.0256. The van der Waals surface area contributed by atoms with Crippen molar-refractivity contribution < 1.29 is 19.1 Å². The first-order valence-electron chi connectivity index (χ1n) is 9.39. The second kappa shape index (κ2) is 9.22. The first-order valence-corrected chi connectivity index (χ1v) is 11.6. The van der Waals surface area contributed by atoms with Crippen molar-refractivity contribution in [2.24, 2.45) is 5.92 Å². The van der Waals surface area contributed by atoms with Crippen LogP contribution in [0.5, 0.6) is 0 Å². The van der Waals surface area contributed by atoms with Crippen LogP contribution in [0.1, 0.15) is 37.2 Å². The second-order valence-electron chi connectivity index (χ2n) is 7.24. The molecule has 1 saturated carbocycles. The highest BCUT2D eigenvalue weighted by atomic mass is 35.5. The van der Waals surface area contributed by atoms with Crippen LogP contribution in [-0.2, 0) is 9.36 Å². The molecule has 2 aromatic rings. The fourth-order valence-corrected chi connectivity index (χ4v) is 5.17. The first-order chi connectivity index (χ1) is 13.8. The first kappa shape index (κ1) is 21.7. The molecule has 1 heterocycles. The summed E-state index contributed by atoms with van der Waals surface area (Å²) in [6.07, 6.45) is 5.37. The Balaban J connectivity index is 1.73. The summed E-state index contributed by atoms with van der Waals surface area (Å²) in [5.41, 5.74) is 2.28. The van der Waals surface area contributed by atoms with Crippen LogP contribution in [0.2, 0.25) is 5.15 Å². The van der Waals surface area contributed by atoms with E-state index >= 15 is 0 Å². The SMILES string of the molecule is CNc1c(Cl)ncnc1N(C=O)c1ccc(C2CCC(CP(=O)(O)O)CC2)cc1. The molecule has 3 N–H and O–H groups in total. The van der Waals surface area contributed by atoms with Crippen molar-refractivity contribution >= 4 is 42.8 Å². The Morgan fingerprint density at radius 1 is 1.21 bits per heavy atom. The van der Waals surface area contributed by atoms with Gasteiger partial charge in [0.15, 0.2) is 11.0 Å². The van der Waals surface area contributed by atoms with Crippen molar-refractivity contribution in [1.29, 1.82) is 0 Å². The Bertz CT molecular complexity index is 898. The molecule has 1 aliphatic rings. The van der Waals surface area contributed by atoms with Crippen molar-refractivity contribution in [3.05, 3.63) is 41.3 Å². The molecule has 1 aromatic heterocycles. The van der Waals surface area contributed by atoms with Gasteiger partial charge < -0.3 is 15.1 Å². The Labute approximate surface area is 174 Å². The van der Waals surface area contributed by atoms with E-state index in [0.717, 1.165) is 31.2 Å². The zero-order valence-corrected chi connectivity index (χ0v) is 17.7. The van der Waals surface area contributed by atoms with Gasteiger partial charge in [-0.1, -0.05) is 23.7 Å². The fraction of sp³-hybridized carbons (Fsp3) is 0.421. The monoisotopic (exact) mass is 438 g/mol. The lowest BCUT2D eigenvalue weighted by Crippen LogP contribution is -2.18. The number of nitrogens with zero attached hydrogens (tertiary/aromatic N) is 3. The number of carbonyl (C=O) groups is 1. The smallest absolute Gasteiger partial charge is 0.325 e. The quantitative estimate of drug-likeness (QED) is 0.341. The van der Waals surface area contributed by atoms with Gasteiger partial charge >= 0.3 is 7.60 Å². The lowest BCUT2D eigenvalue weighted by atomic mass is 9.79. The van der Waals surface area contributed by atoms with Gasteiger partial charge in [-0.3, -0.25) is 14.3 Å². The Hall–Kier alpha value is -1.99. The number of hydrogen-bond donors (Lipinski definition) is 3. The van der Waals surface area contributed by atoms with E-state index in [0.29, 0.717) is 29.5 Å². The van der Waals surface area contributed by atoms with Crippen molar-refractivity contribution in [2.45, 2.75) is 31.6 Å². The molecule has 0 atom stereocenters. The molecule has 0 bridgehead atoms. The number of amides is 1. The van der Waals surface area contributed by atoms with Crippen LogP contribution in [0.4, 0.5) is 17.2 Å². The maximum Gasteiger partial charge on any atom is 0.325 e. The maximum atomic E-state index is 11.8. The molecule has 10 heteroatoms. The van der Waals surface area contributed by atoms with Gasteiger partial charge in [-0.15, -0.1) is 0 Å². The third-order valence-corrected chi connectivity index (χ3v) is 6.63. The van der Waals surface area contributed by atoms with E-state index in [1.54, 1.807) is 7.05 Å². The van der Waals surface area contributed by atoms with Crippen LogP contribution in [-0.4, -0.2) is 39.4 Å². The van der Waals surface area contributed by atoms with Crippen LogP contribution in [0.3, 0.4) is 0 Å². The predicted octanol–water partition coefficient (Wildman–Crippen LogP) is 3.92. The summed E-state index contributed by atoms with van der Waals surface area (Å²) in [5, 5.41) is 3.15. The Morgan fingerprint density at radius 3 is 2.41 bits per heavy atom. The van der Waals surface area contributed by atoms with E-state index in [1.165, 1.54) is 11.2 Å². The molecule has 0 spiro atoms. The predicted molar refractivity (Wildman–Crippen MR) is 113 cm³/mol. The highest BCUT2D eigenvalue weighted by Crippen LogP contribution is 2.44. The van der Waals surface area contributed by atoms with Gasteiger partial charge in [0.1, 0.15) is 12.0 Å². The topological polar surface area (TPSA) is 116 Å². The molecule has 0 saturated heterocycles. The van der Waals surface area contributed by atoms with Crippen LogP contribution in [0.25, 0.3) is 0 Å². The molecular weight excluding hydrogens is 415 g/mol. The number of anilines is 3. The van der Waals surface area contributed by atoms with Gasteiger partial charge in [-0.25, -0.2) is 9.97 Å². The van der Waals surface area contributed by atoms with Gasteiger partial charge in [-0.2, -0.15) is 0 Å². The molecule has 1 aliphatic carbocycles. The molecule has 8 nitrogen and oxygen atoms in total. The van der Waals surface area contributed by atoms with Crippen LogP contribution < -0.4 is 10.2 Å². The Morgan fingerprint density at radius 2 is 1.86 bits per heavy atom. The Kier molecular flexibility index (Phi) is 6.90. The van der Waals surface area contributed by atoms with Crippen molar-refractivity contribution in [1.82, 2.24) is 9.97 Å². The molecule has 1 aromatic carbocycles. The molecule has 0 aliphatic heterocycles. The van der Waals surface area contributed by atoms with Gasteiger partial charge in [-0.05, 0) is 55.2 Å². The average Bonchev–Trinajstić information content (AvgIpc) is 2.69. The third-order valence-electron chi connectivity index (χ3n) is 5.35. The highest BCUT2D eigenvalue weighted by Gasteiger charge is 2.27. The molecule has 1 amide bonds. The van der Waals surface area contributed by atoms with E-state index in [4.69, 9.17) is 21.4 Å². The van der Waals surface area contributed by atoms with Crippen LogP contribution >= 0.6 is 19.2 Å². The van der Waals surface area contributed by atoms with Crippen molar-refractivity contribution in [3.8, 4) is 0 Å². The van der Waals surface area contributed by atoms with Crippen LogP contribution in [0.15, 0.2) is 30.6 Å². The van der Waals surface area contributed by atoms with Crippen LogP contribution in [0, 0.1) is 5.92 Å². The number of aromatic nitrogens is 2. The number of carbonyl (C=O) groups excluding carboxylic acids is 1. The third kappa shape index (κ3) is 5.34. The summed E-state index contributed by atoms with van der Waals surface area (Å²) in [5.74, 6) is 0.802. The normalized spacial score (nSPS) is 19.6. The van der Waals surface area contributed by atoms with Gasteiger partial charge in [0, 0.05) is 7.05 Å². The maximum absolute atomic E-state index is 11.8. The van der Waals surface area contributed by atoms with Crippen molar-refractivity contribution in [3.63, 3.8) is 0 Å². The summed E-state index contributed by atoms with van der Waals surface area (Å²) in [4.78, 5) is 39.6. The average molecular weight is 439 g/mol. The van der Waals surface area contributed by atoms with E-state index in [1.807, 2.05) is 24.3 Å². The zero-order chi connectivity index (χ0) is 21.0. The van der Waals surface area contributed by atoms with Gasteiger partial charge in [0.25, 0.3) is 0 Å². The second-order valence-corrected chi connectivity index (χ2v) is 9.30. The summed E-state index contributed by atoms with van der Waals surface area (Å²) in [6.45, 7) is 0. The summed E-state index contributed by atoms with van der Waals surface area (Å²) in [7, 11) is -2.27. The summed E-state index contributed by atoms with van der Waals surface area (Å²) in [6, 6.07) is 7.70. The molecule has 0 radical (unpaired) electrons. The summed E-state index contributed by atoms with van der Waals surface area (Å²) < 4.78 is 11.2. The summed E-state index contributed by atoms with van der Waals surface area (Å²) >= 11 is 6.09. The molecule has 29 heavy (non-hydrogen) atoms. The molecular formula is C19H24ClN4O4P. The number of benzene rings is 1. The standard InChI is InChI=1S/C19H24ClN4O4P/c1-21-17-18(20)22-11-23-19(17)24(12-25)16-8-6-15(7-9-16)14-4-2-13(3-5-14)10-29(26,27)28/h6-9,11-14,21H,2-5,10H2,1H3,(H2,26,27,28). The number of nitrogens with one attached hydrogen (secondary N) is 1. The fourth-order valence-electron chi connectivity index (χ4n) is 3.91. The van der Waals surface area contributed by atoms with E-state index < -0.39 is 7.60 Å². The largest absolute Gasteiger partial charge is 0.383 e. The number of rotatable bonds is 7. The molecule has 0 unspecified atom stereocenters. The molecule has 1 fully saturated rings. The minimum Gasteiger partial charge on any atom is -0.383 e. The number of halogens is 1. The van der Waals surface area contributed by atoms with Crippen molar-refractivity contribution in [2.75, 3.05) is 23.4 Å². The lowest BCUT2D eigenvalue weighted by molar-refractivity contribution is -0.106. The molecule has 3 rings (SSSR count). The van der Waals surface area contributed by atoms with E-state index in [9.17, 15) is 9.36 Å². The highest BCUT2D eigenvalue weighted by molar-refractivity contribution is 7.51. The van der Waals surface area contributed by atoms with Gasteiger partial charge in [0.2, 0.25) is 6.41 Å². The lowest BCUT2D eigenvalue weighted by Gasteiger charge is -2.29. The molecule has 156 valence electrons. The van der Waals surface area contributed by atoms with Gasteiger partial charge in [0.05, 0.1) is 11.8 Å². The van der Waals surface area contributed by atoms with E-state index in [2.05, 4.69) is 15.3 Å².